The molecule has 1 aliphatic carbocycles. The minimum atomic E-state index is 0.684. The standard InChI is InChI=1S/C14H18N6.C2H6/c1-2-8-20(7-1)14-15-6-5-12(17-14)16-13-9-11(18-19-13)10-3-4-10;1-2/h5-6,9-10H,1-4,7-8H2,(H2,15,16,17,18,19);1-2H3. The summed E-state index contributed by atoms with van der Waals surface area (Å²) in [6, 6.07) is 3.96. The van der Waals surface area contributed by atoms with Gasteiger partial charge in [-0.25, -0.2) is 4.98 Å². The van der Waals surface area contributed by atoms with Gasteiger partial charge in [0, 0.05) is 37.0 Å². The molecule has 0 bridgehead atoms. The van der Waals surface area contributed by atoms with E-state index >= 15 is 0 Å². The van der Waals surface area contributed by atoms with Gasteiger partial charge >= 0.3 is 0 Å². The van der Waals surface area contributed by atoms with Gasteiger partial charge in [-0.15, -0.1) is 0 Å². The van der Waals surface area contributed by atoms with Gasteiger partial charge in [0.15, 0.2) is 5.82 Å². The molecule has 2 fully saturated rings. The van der Waals surface area contributed by atoms with E-state index in [2.05, 4.69) is 36.4 Å². The summed E-state index contributed by atoms with van der Waals surface area (Å²) in [5.74, 6) is 3.13. The molecule has 0 aromatic carbocycles. The molecule has 2 aliphatic rings. The van der Waals surface area contributed by atoms with Crippen LogP contribution in [0.25, 0.3) is 0 Å². The Morgan fingerprint density at radius 2 is 1.95 bits per heavy atom. The van der Waals surface area contributed by atoms with E-state index in [1.54, 1.807) is 6.20 Å². The van der Waals surface area contributed by atoms with Gasteiger partial charge in [0.1, 0.15) is 5.82 Å². The predicted molar refractivity (Wildman–Crippen MR) is 88.7 cm³/mol. The summed E-state index contributed by atoms with van der Waals surface area (Å²) >= 11 is 0. The van der Waals surface area contributed by atoms with Crippen LogP contribution >= 0.6 is 0 Å². The number of anilines is 3. The van der Waals surface area contributed by atoms with Gasteiger partial charge in [-0.3, -0.25) is 5.10 Å². The predicted octanol–water partition coefficient (Wildman–Crippen LogP) is 3.45. The highest BCUT2D eigenvalue weighted by Gasteiger charge is 2.25. The monoisotopic (exact) mass is 300 g/mol. The highest BCUT2D eigenvalue weighted by Crippen LogP contribution is 2.39. The van der Waals surface area contributed by atoms with Gasteiger partial charge in [-0.2, -0.15) is 10.1 Å². The van der Waals surface area contributed by atoms with Crippen LogP contribution in [0.15, 0.2) is 18.3 Å². The van der Waals surface area contributed by atoms with Gasteiger partial charge in [0.05, 0.1) is 0 Å². The molecule has 6 nitrogen and oxygen atoms in total. The van der Waals surface area contributed by atoms with Crippen LogP contribution in [-0.2, 0) is 0 Å². The summed E-state index contributed by atoms with van der Waals surface area (Å²) in [5.41, 5.74) is 1.22. The maximum absolute atomic E-state index is 4.57. The molecule has 0 spiro atoms. The lowest BCUT2D eigenvalue weighted by Gasteiger charge is -2.15. The Balaban J connectivity index is 0.000000693. The highest BCUT2D eigenvalue weighted by atomic mass is 15.3. The first-order chi connectivity index (χ1) is 10.9. The molecule has 0 atom stereocenters. The number of nitrogens with one attached hydrogen (secondary N) is 2. The summed E-state index contributed by atoms with van der Waals surface area (Å²) in [4.78, 5) is 11.2. The summed E-state index contributed by atoms with van der Waals surface area (Å²) in [7, 11) is 0. The molecule has 22 heavy (non-hydrogen) atoms. The van der Waals surface area contributed by atoms with Crippen LogP contribution in [-0.4, -0.2) is 33.3 Å². The van der Waals surface area contributed by atoms with Crippen LogP contribution in [0.5, 0.6) is 0 Å². The number of aromatic nitrogens is 4. The van der Waals surface area contributed by atoms with Crippen molar-refractivity contribution in [3.8, 4) is 0 Å². The summed E-state index contributed by atoms with van der Waals surface area (Å²) in [5, 5.41) is 10.6. The number of rotatable bonds is 4. The van der Waals surface area contributed by atoms with Crippen molar-refractivity contribution in [3.05, 3.63) is 24.0 Å². The molecule has 1 aliphatic heterocycles. The molecular weight excluding hydrogens is 276 g/mol. The van der Waals surface area contributed by atoms with E-state index < -0.39 is 0 Å². The van der Waals surface area contributed by atoms with E-state index in [0.717, 1.165) is 30.7 Å². The third kappa shape index (κ3) is 3.37. The largest absolute Gasteiger partial charge is 0.341 e. The zero-order valence-electron chi connectivity index (χ0n) is 13.3. The smallest absolute Gasteiger partial charge is 0.227 e. The van der Waals surface area contributed by atoms with Crippen molar-refractivity contribution in [2.45, 2.75) is 45.4 Å². The Morgan fingerprint density at radius 1 is 1.18 bits per heavy atom. The SMILES string of the molecule is CC.c1cc(Nc2cc(C3CC3)[nH]n2)nc(N2CCCC2)n1. The van der Waals surface area contributed by atoms with Gasteiger partial charge in [0.2, 0.25) is 5.95 Å². The Hall–Kier alpha value is -2.11. The van der Waals surface area contributed by atoms with Crippen LogP contribution in [0.1, 0.15) is 51.1 Å². The van der Waals surface area contributed by atoms with Crippen molar-refractivity contribution < 1.29 is 0 Å². The van der Waals surface area contributed by atoms with Crippen LogP contribution in [0.2, 0.25) is 0 Å². The van der Waals surface area contributed by atoms with Gasteiger partial charge in [0.25, 0.3) is 0 Å². The van der Waals surface area contributed by atoms with Crippen molar-refractivity contribution in [3.63, 3.8) is 0 Å². The lowest BCUT2D eigenvalue weighted by Crippen LogP contribution is -2.20. The molecule has 1 saturated carbocycles. The molecule has 3 heterocycles. The van der Waals surface area contributed by atoms with Gasteiger partial charge in [-0.1, -0.05) is 13.8 Å². The number of aromatic amines is 1. The van der Waals surface area contributed by atoms with Crippen molar-refractivity contribution in [2.75, 3.05) is 23.3 Å². The molecule has 0 radical (unpaired) electrons. The summed E-state index contributed by atoms with van der Waals surface area (Å²) in [6.07, 6.45) is 6.80. The summed E-state index contributed by atoms with van der Waals surface area (Å²) in [6.45, 7) is 6.11. The fraction of sp³-hybridized carbons (Fsp3) is 0.562. The molecule has 0 unspecified atom stereocenters. The van der Waals surface area contributed by atoms with E-state index in [-0.39, 0.29) is 0 Å². The molecule has 2 aromatic rings. The summed E-state index contributed by atoms with van der Waals surface area (Å²) < 4.78 is 0. The Kier molecular flexibility index (Phi) is 4.56. The van der Waals surface area contributed by atoms with Gasteiger partial charge in [-0.05, 0) is 31.7 Å². The second-order valence-corrected chi connectivity index (χ2v) is 5.54. The van der Waals surface area contributed by atoms with Gasteiger partial charge < -0.3 is 10.2 Å². The maximum Gasteiger partial charge on any atom is 0.227 e. The minimum absolute atomic E-state index is 0.684. The molecule has 4 rings (SSSR count). The molecule has 0 amide bonds. The second kappa shape index (κ2) is 6.77. The first-order valence-corrected chi connectivity index (χ1v) is 8.29. The lowest BCUT2D eigenvalue weighted by atomic mass is 10.3. The fourth-order valence-corrected chi connectivity index (χ4v) is 2.62. The maximum atomic E-state index is 4.57. The zero-order chi connectivity index (χ0) is 15.4. The molecule has 6 heteroatoms. The van der Waals surface area contributed by atoms with E-state index in [9.17, 15) is 0 Å². The van der Waals surface area contributed by atoms with Crippen LogP contribution in [0.3, 0.4) is 0 Å². The van der Waals surface area contributed by atoms with Crippen molar-refractivity contribution in [1.82, 2.24) is 20.2 Å². The molecule has 118 valence electrons. The third-order valence-electron chi connectivity index (χ3n) is 3.90. The first-order valence-electron chi connectivity index (χ1n) is 8.29. The second-order valence-electron chi connectivity index (χ2n) is 5.54. The molecule has 2 N–H and O–H groups in total. The first kappa shape index (κ1) is 14.8. The Labute approximate surface area is 131 Å². The number of hydrogen-bond acceptors (Lipinski definition) is 5. The number of H-pyrrole nitrogens is 1. The van der Waals surface area contributed by atoms with Crippen LogP contribution in [0, 0.1) is 0 Å². The van der Waals surface area contributed by atoms with Crippen LogP contribution < -0.4 is 10.2 Å². The topological polar surface area (TPSA) is 69.7 Å². The molecule has 1 saturated heterocycles. The normalized spacial score (nSPS) is 17.1. The molecule has 2 aromatic heterocycles. The Bertz CT molecular complexity index is 598. The van der Waals surface area contributed by atoms with Crippen molar-refractivity contribution in [1.29, 1.82) is 0 Å². The average molecular weight is 300 g/mol. The third-order valence-corrected chi connectivity index (χ3v) is 3.90. The number of nitrogens with zero attached hydrogens (tertiary/aromatic N) is 4. The minimum Gasteiger partial charge on any atom is -0.341 e. The number of hydrogen-bond donors (Lipinski definition) is 2. The lowest BCUT2D eigenvalue weighted by molar-refractivity contribution is 0.899. The highest BCUT2D eigenvalue weighted by molar-refractivity contribution is 5.53. The Morgan fingerprint density at radius 3 is 2.68 bits per heavy atom. The van der Waals surface area contributed by atoms with E-state index in [0.29, 0.717) is 5.92 Å². The van der Waals surface area contributed by atoms with Crippen LogP contribution in [0.4, 0.5) is 17.6 Å². The zero-order valence-corrected chi connectivity index (χ0v) is 13.3. The van der Waals surface area contributed by atoms with E-state index in [1.165, 1.54) is 31.4 Å². The van der Waals surface area contributed by atoms with E-state index in [1.807, 2.05) is 19.9 Å². The molecular formula is C16H24N6. The van der Waals surface area contributed by atoms with E-state index in [4.69, 9.17) is 0 Å². The fourth-order valence-electron chi connectivity index (χ4n) is 2.62. The van der Waals surface area contributed by atoms with Crippen molar-refractivity contribution in [2.24, 2.45) is 0 Å². The average Bonchev–Trinajstić information content (AvgIpc) is 3.08. The quantitative estimate of drug-likeness (QED) is 0.905. The van der Waals surface area contributed by atoms with Crippen molar-refractivity contribution >= 4 is 17.6 Å².